The van der Waals surface area contributed by atoms with Gasteiger partial charge in [-0.15, -0.1) is 0 Å². The highest BCUT2D eigenvalue weighted by atomic mass is 16.3. The Bertz CT molecular complexity index is 1700. The Hall–Kier alpha value is -4.90. The highest BCUT2D eigenvalue weighted by Gasteiger charge is 2.19. The minimum absolute atomic E-state index is 0.205. The van der Waals surface area contributed by atoms with Crippen LogP contribution in [0.5, 0.6) is 28.7 Å². The van der Waals surface area contributed by atoms with E-state index in [1.165, 1.54) is 0 Å². The zero-order valence-electron chi connectivity index (χ0n) is 26.0. The van der Waals surface area contributed by atoms with E-state index in [0.29, 0.717) is 25.7 Å². The number of phenolic OH excluding ortho intramolecular Hbond substituents is 5. The van der Waals surface area contributed by atoms with Crippen LogP contribution < -0.4 is 0 Å². The predicted molar refractivity (Wildman–Crippen MR) is 175 cm³/mol. The molecule has 0 saturated carbocycles. The average molecular weight is 589 g/mol. The highest BCUT2D eigenvalue weighted by molar-refractivity contribution is 5.56. The van der Waals surface area contributed by atoms with Gasteiger partial charge in [-0.05, 0) is 115 Å². The maximum absolute atomic E-state index is 11.6. The summed E-state index contributed by atoms with van der Waals surface area (Å²) in [4.78, 5) is 0. The van der Waals surface area contributed by atoms with Crippen LogP contribution >= 0.6 is 0 Å². The second-order valence-electron chi connectivity index (χ2n) is 12.1. The van der Waals surface area contributed by atoms with Gasteiger partial charge in [0.2, 0.25) is 0 Å². The van der Waals surface area contributed by atoms with E-state index in [1.54, 1.807) is 24.3 Å². The zero-order valence-corrected chi connectivity index (χ0v) is 26.0. The van der Waals surface area contributed by atoms with Gasteiger partial charge in [0, 0.05) is 36.8 Å². The number of aromatic hydroxyl groups is 5. The summed E-state index contributed by atoms with van der Waals surface area (Å²) in [5, 5.41) is 52.9. The van der Waals surface area contributed by atoms with Crippen LogP contribution in [0, 0.1) is 34.6 Å². The molecule has 0 aliphatic carbocycles. The van der Waals surface area contributed by atoms with Crippen LogP contribution in [-0.4, -0.2) is 25.5 Å². The van der Waals surface area contributed by atoms with Crippen molar-refractivity contribution in [2.75, 3.05) is 0 Å². The molecular weight excluding hydrogens is 548 g/mol. The van der Waals surface area contributed by atoms with E-state index >= 15 is 0 Å². The molecule has 0 aromatic heterocycles. The zero-order chi connectivity index (χ0) is 31.7. The van der Waals surface area contributed by atoms with Crippen molar-refractivity contribution in [3.8, 4) is 28.7 Å². The third kappa shape index (κ3) is 6.37. The third-order valence-corrected chi connectivity index (χ3v) is 8.78. The van der Waals surface area contributed by atoms with Crippen LogP contribution in [0.4, 0.5) is 0 Å². The SMILES string of the molecule is Cc1cc(Cc2cc(C)c(O)c(Cc3ccc(O)cc3)c2C)c(O)c(Cc2cc(C)c(O)c(Cc3ccc(O)cc3)c2C)c1. The highest BCUT2D eigenvalue weighted by Crippen LogP contribution is 2.37. The van der Waals surface area contributed by atoms with Gasteiger partial charge in [0.15, 0.2) is 0 Å². The largest absolute Gasteiger partial charge is 0.508 e. The first-order chi connectivity index (χ1) is 20.9. The molecule has 0 aliphatic heterocycles. The fourth-order valence-corrected chi connectivity index (χ4v) is 6.14. The Labute approximate surface area is 259 Å². The van der Waals surface area contributed by atoms with Crippen LogP contribution in [0.3, 0.4) is 0 Å². The van der Waals surface area contributed by atoms with E-state index in [1.807, 2.05) is 83.1 Å². The van der Waals surface area contributed by atoms with Gasteiger partial charge in [-0.1, -0.05) is 54.1 Å². The Kier molecular flexibility index (Phi) is 8.59. The van der Waals surface area contributed by atoms with Crippen LogP contribution in [0.2, 0.25) is 0 Å². The molecule has 0 saturated heterocycles. The molecule has 5 heteroatoms. The number of rotatable bonds is 8. The van der Waals surface area contributed by atoms with Crippen LogP contribution in [0.25, 0.3) is 0 Å². The Morgan fingerprint density at radius 3 is 1.14 bits per heavy atom. The number of hydrogen-bond donors (Lipinski definition) is 5. The molecule has 0 spiro atoms. The molecule has 5 N–H and O–H groups in total. The van der Waals surface area contributed by atoms with Crippen LogP contribution in [0.15, 0.2) is 72.8 Å². The number of hydrogen-bond acceptors (Lipinski definition) is 5. The molecule has 5 aromatic carbocycles. The molecule has 0 atom stereocenters. The van der Waals surface area contributed by atoms with Gasteiger partial charge < -0.3 is 25.5 Å². The summed E-state index contributed by atoms with van der Waals surface area (Å²) in [6.07, 6.45) is 2.08. The van der Waals surface area contributed by atoms with Crippen molar-refractivity contribution < 1.29 is 25.5 Å². The van der Waals surface area contributed by atoms with E-state index in [-0.39, 0.29) is 28.7 Å². The first kappa shape index (κ1) is 30.6. The fraction of sp³-hybridized carbons (Fsp3) is 0.231. The van der Waals surface area contributed by atoms with Gasteiger partial charge in [0.25, 0.3) is 0 Å². The molecule has 0 fully saturated rings. The average Bonchev–Trinajstić information content (AvgIpc) is 2.99. The Morgan fingerprint density at radius 2 is 0.773 bits per heavy atom. The van der Waals surface area contributed by atoms with E-state index in [2.05, 4.69) is 0 Å². The molecule has 0 bridgehead atoms. The van der Waals surface area contributed by atoms with E-state index in [4.69, 9.17) is 0 Å². The summed E-state index contributed by atoms with van der Waals surface area (Å²) >= 11 is 0. The number of phenols is 5. The Morgan fingerprint density at radius 1 is 0.409 bits per heavy atom. The molecule has 5 rings (SSSR count). The summed E-state index contributed by atoms with van der Waals surface area (Å²) in [6.45, 7) is 9.84. The monoisotopic (exact) mass is 588 g/mol. The summed E-state index contributed by atoms with van der Waals surface area (Å²) in [5.74, 6) is 1.21. The van der Waals surface area contributed by atoms with Crippen molar-refractivity contribution >= 4 is 0 Å². The fourth-order valence-electron chi connectivity index (χ4n) is 6.14. The van der Waals surface area contributed by atoms with Crippen molar-refractivity contribution in [3.63, 3.8) is 0 Å². The predicted octanol–water partition coefficient (Wildman–Crippen LogP) is 8.12. The van der Waals surface area contributed by atoms with Crippen molar-refractivity contribution in [1.29, 1.82) is 0 Å². The number of aryl methyl sites for hydroxylation is 3. The molecule has 0 amide bonds. The molecule has 5 aromatic rings. The summed E-state index contributed by atoms with van der Waals surface area (Å²) < 4.78 is 0. The van der Waals surface area contributed by atoms with Crippen molar-refractivity contribution in [2.45, 2.75) is 60.3 Å². The second kappa shape index (κ2) is 12.4. The van der Waals surface area contributed by atoms with Gasteiger partial charge in [-0.3, -0.25) is 0 Å². The van der Waals surface area contributed by atoms with Crippen molar-refractivity contribution in [3.05, 3.63) is 145 Å². The summed E-state index contributed by atoms with van der Waals surface area (Å²) in [7, 11) is 0. The minimum atomic E-state index is 0.205. The summed E-state index contributed by atoms with van der Waals surface area (Å²) in [5.41, 5.74) is 11.9. The van der Waals surface area contributed by atoms with Gasteiger partial charge in [-0.2, -0.15) is 0 Å². The Balaban J connectivity index is 1.48. The third-order valence-electron chi connectivity index (χ3n) is 8.78. The molecular formula is C39H40O5. The lowest BCUT2D eigenvalue weighted by Crippen LogP contribution is -2.04. The van der Waals surface area contributed by atoms with Crippen molar-refractivity contribution in [2.24, 2.45) is 0 Å². The lowest BCUT2D eigenvalue weighted by Gasteiger charge is -2.19. The normalized spacial score (nSPS) is 11.2. The first-order valence-electron chi connectivity index (χ1n) is 14.9. The molecule has 5 nitrogen and oxygen atoms in total. The lowest BCUT2D eigenvalue weighted by molar-refractivity contribution is 0.462. The van der Waals surface area contributed by atoms with Gasteiger partial charge >= 0.3 is 0 Å². The number of benzene rings is 5. The molecule has 0 radical (unpaired) electrons. The maximum atomic E-state index is 11.6. The smallest absolute Gasteiger partial charge is 0.122 e. The van der Waals surface area contributed by atoms with Crippen LogP contribution in [0.1, 0.15) is 72.3 Å². The minimum Gasteiger partial charge on any atom is -0.508 e. The molecule has 0 heterocycles. The molecule has 226 valence electrons. The standard InChI is InChI=1S/C39H40O5/c1-22-14-31(20-29-16-23(2)37(42)35(25(29)4)18-27-6-10-33(40)11-7-27)39(44)32(15-22)21-30-17-24(3)38(43)36(26(30)5)19-28-8-12-34(41)13-9-28/h6-17,40-44H,18-21H2,1-5H3. The first-order valence-corrected chi connectivity index (χ1v) is 14.9. The second-order valence-corrected chi connectivity index (χ2v) is 12.1. The quantitative estimate of drug-likeness (QED) is 0.126. The molecule has 0 unspecified atom stereocenters. The molecule has 0 aliphatic rings. The van der Waals surface area contributed by atoms with Crippen molar-refractivity contribution in [1.82, 2.24) is 0 Å². The maximum Gasteiger partial charge on any atom is 0.122 e. The van der Waals surface area contributed by atoms with Crippen LogP contribution in [-0.2, 0) is 25.7 Å². The van der Waals surface area contributed by atoms with Gasteiger partial charge in [0.1, 0.15) is 28.7 Å². The van der Waals surface area contributed by atoms with Gasteiger partial charge in [0.05, 0.1) is 0 Å². The topological polar surface area (TPSA) is 101 Å². The van der Waals surface area contributed by atoms with E-state index in [9.17, 15) is 25.5 Å². The van der Waals surface area contributed by atoms with E-state index in [0.717, 1.165) is 72.3 Å². The summed E-state index contributed by atoms with van der Waals surface area (Å²) in [6, 6.07) is 22.1. The van der Waals surface area contributed by atoms with E-state index < -0.39 is 0 Å². The molecule has 44 heavy (non-hydrogen) atoms. The lowest BCUT2D eigenvalue weighted by atomic mass is 9.87. The van der Waals surface area contributed by atoms with Gasteiger partial charge in [-0.25, -0.2) is 0 Å².